The topological polar surface area (TPSA) is 167 Å². The number of aliphatic hydroxyl groups is 1. The Morgan fingerprint density at radius 2 is 1.75 bits per heavy atom. The van der Waals surface area contributed by atoms with E-state index >= 15 is 0 Å². The molecule has 2 heterocycles. The van der Waals surface area contributed by atoms with E-state index in [0.717, 1.165) is 12.8 Å². The van der Waals surface area contributed by atoms with Crippen LogP contribution in [0.3, 0.4) is 0 Å². The molecule has 11 nitrogen and oxygen atoms in total. The number of fused-ring (bicyclic) bond motifs is 1. The van der Waals surface area contributed by atoms with Crippen molar-refractivity contribution in [2.24, 2.45) is 11.7 Å². The summed E-state index contributed by atoms with van der Waals surface area (Å²) < 4.78 is 51.0. The number of benzene rings is 2. The minimum absolute atomic E-state index is 0.125. The van der Waals surface area contributed by atoms with Crippen molar-refractivity contribution < 1.29 is 42.4 Å². The van der Waals surface area contributed by atoms with Crippen LogP contribution in [0.2, 0.25) is 0 Å². The van der Waals surface area contributed by atoms with Crippen LogP contribution in [0.1, 0.15) is 37.7 Å². The molecule has 5 atom stereocenters. The van der Waals surface area contributed by atoms with Crippen LogP contribution in [0.4, 0.5) is 4.79 Å². The van der Waals surface area contributed by atoms with Crippen LogP contribution in [-0.2, 0) is 35.2 Å². The van der Waals surface area contributed by atoms with Crippen LogP contribution < -0.4 is 11.1 Å². The van der Waals surface area contributed by atoms with E-state index in [1.165, 1.54) is 24.3 Å². The number of amides is 1. The minimum atomic E-state index is -4.69. The Kier molecular flexibility index (Phi) is 8.37. The smallest absolute Gasteiger partial charge is 0.409 e. The van der Waals surface area contributed by atoms with Gasteiger partial charge in [0.1, 0.15) is 17.5 Å². The van der Waals surface area contributed by atoms with Crippen LogP contribution in [0.15, 0.2) is 59.5 Å². The highest BCUT2D eigenvalue weighted by Crippen LogP contribution is 2.37. The van der Waals surface area contributed by atoms with Gasteiger partial charge in [0.25, 0.3) is 0 Å². The number of ether oxygens (including phenoxy) is 4. The molecule has 2 aromatic carbocycles. The lowest BCUT2D eigenvalue weighted by Crippen LogP contribution is -2.75. The van der Waals surface area contributed by atoms with E-state index in [-0.39, 0.29) is 35.7 Å². The Balaban J connectivity index is 1.50. The van der Waals surface area contributed by atoms with Crippen LogP contribution in [0.5, 0.6) is 5.75 Å². The van der Waals surface area contributed by atoms with Crippen molar-refractivity contribution in [3.05, 3.63) is 60.2 Å². The lowest BCUT2D eigenvalue weighted by molar-refractivity contribution is -0.0908. The molecular formula is C28H36N2O9S. The van der Waals surface area contributed by atoms with Gasteiger partial charge >= 0.3 is 6.09 Å². The van der Waals surface area contributed by atoms with Gasteiger partial charge in [0.15, 0.2) is 6.29 Å². The van der Waals surface area contributed by atoms with E-state index in [0.29, 0.717) is 31.4 Å². The van der Waals surface area contributed by atoms with Crippen molar-refractivity contribution in [1.29, 1.82) is 0 Å². The SMILES string of the molecule is N[C@@](Cc1ccccc1)(NC(=O)OC1COC2OCCC12)[C@](O)(COC1CCCC1)S(=O)(=O)c1ccc(O)cc1. The molecule has 0 spiro atoms. The Morgan fingerprint density at radius 3 is 2.45 bits per heavy atom. The molecule has 0 aromatic heterocycles. The molecule has 1 aliphatic carbocycles. The van der Waals surface area contributed by atoms with Gasteiger partial charge in [-0.2, -0.15) is 0 Å². The van der Waals surface area contributed by atoms with Gasteiger partial charge in [-0.25, -0.2) is 13.2 Å². The maximum absolute atomic E-state index is 14.2. The van der Waals surface area contributed by atoms with E-state index in [1.54, 1.807) is 30.3 Å². The van der Waals surface area contributed by atoms with Gasteiger partial charge in [0.05, 0.1) is 36.7 Å². The third-order valence-electron chi connectivity index (χ3n) is 8.00. The highest BCUT2D eigenvalue weighted by atomic mass is 32.2. The molecule has 3 fully saturated rings. The number of phenolic OH excluding ortho intramolecular Hbond substituents is 1. The Labute approximate surface area is 233 Å². The van der Waals surface area contributed by atoms with E-state index in [1.807, 2.05) is 0 Å². The van der Waals surface area contributed by atoms with Crippen molar-refractivity contribution in [2.45, 2.75) is 72.5 Å². The number of rotatable bonds is 10. The normalized spacial score (nSPS) is 26.1. The predicted octanol–water partition coefficient (Wildman–Crippen LogP) is 2.20. The van der Waals surface area contributed by atoms with E-state index in [4.69, 9.17) is 24.7 Å². The second-order valence-corrected chi connectivity index (χ2v) is 12.9. The molecule has 5 rings (SSSR count). The first kappa shape index (κ1) is 28.8. The molecule has 218 valence electrons. The Hall–Kier alpha value is -2.74. The Bertz CT molecular complexity index is 1270. The molecule has 2 saturated heterocycles. The number of carbonyl (C=O) groups is 1. The quantitative estimate of drug-likeness (QED) is 0.308. The number of hydrogen-bond acceptors (Lipinski definition) is 10. The summed E-state index contributed by atoms with van der Waals surface area (Å²) in [7, 11) is -4.69. The van der Waals surface area contributed by atoms with Gasteiger partial charge in [-0.05, 0) is 49.1 Å². The first-order valence-electron chi connectivity index (χ1n) is 13.5. The second-order valence-electron chi connectivity index (χ2n) is 10.7. The van der Waals surface area contributed by atoms with Gasteiger partial charge < -0.3 is 34.9 Å². The van der Waals surface area contributed by atoms with Crippen molar-refractivity contribution in [3.63, 3.8) is 0 Å². The number of nitrogens with two attached hydrogens (primary N) is 1. The van der Waals surface area contributed by atoms with Crippen LogP contribution in [0, 0.1) is 5.92 Å². The van der Waals surface area contributed by atoms with Gasteiger partial charge in [0, 0.05) is 6.42 Å². The highest BCUT2D eigenvalue weighted by Gasteiger charge is 2.60. The van der Waals surface area contributed by atoms with Crippen molar-refractivity contribution in [1.82, 2.24) is 5.32 Å². The van der Waals surface area contributed by atoms with Crippen LogP contribution in [-0.4, -0.2) is 73.6 Å². The molecule has 1 amide bonds. The van der Waals surface area contributed by atoms with Gasteiger partial charge in [0.2, 0.25) is 14.8 Å². The number of nitrogens with one attached hydrogen (secondary N) is 1. The Morgan fingerprint density at radius 1 is 1.05 bits per heavy atom. The number of hydrogen-bond donors (Lipinski definition) is 4. The molecule has 3 unspecified atom stereocenters. The summed E-state index contributed by atoms with van der Waals surface area (Å²) in [5.41, 5.74) is 5.07. The molecule has 5 N–H and O–H groups in total. The van der Waals surface area contributed by atoms with Gasteiger partial charge in [-0.1, -0.05) is 43.2 Å². The number of aromatic hydroxyl groups is 1. The lowest BCUT2D eigenvalue weighted by atomic mass is 9.94. The fourth-order valence-electron chi connectivity index (χ4n) is 5.65. The summed E-state index contributed by atoms with van der Waals surface area (Å²) in [6.45, 7) is -0.0930. The van der Waals surface area contributed by atoms with Gasteiger partial charge in [-0.3, -0.25) is 5.32 Å². The third kappa shape index (κ3) is 5.69. The summed E-state index contributed by atoms with van der Waals surface area (Å²) in [6.07, 6.45) is 1.32. The fraction of sp³-hybridized carbons (Fsp3) is 0.536. The van der Waals surface area contributed by atoms with Crippen LogP contribution in [0.25, 0.3) is 0 Å². The van der Waals surface area contributed by atoms with E-state index in [2.05, 4.69) is 5.32 Å². The molecule has 0 bridgehead atoms. The largest absolute Gasteiger partial charge is 0.508 e. The van der Waals surface area contributed by atoms with Crippen LogP contribution >= 0.6 is 0 Å². The molecule has 1 saturated carbocycles. The standard InChI is InChI=1S/C28H36N2O9S/c29-27(16-19-6-2-1-3-7-19,30-26(32)39-24-17-37-25-23(24)14-15-36-25)28(33,18-38-21-8-4-5-9-21)40(34,35)22-12-10-20(31)11-13-22/h1-3,6-7,10-13,21,23-25,31,33H,4-5,8-9,14-18,29H2,(H,30,32)/t23?,24?,25?,27-,28-/m0/s1. The average Bonchev–Trinajstić information content (AvgIpc) is 3.68. The molecule has 3 aliphatic rings. The number of sulfone groups is 1. The lowest BCUT2D eigenvalue weighted by Gasteiger charge is -2.44. The zero-order valence-electron chi connectivity index (χ0n) is 22.1. The molecular weight excluding hydrogens is 540 g/mol. The zero-order chi connectivity index (χ0) is 28.4. The fourth-order valence-corrected chi connectivity index (χ4v) is 7.36. The summed E-state index contributed by atoms with van der Waals surface area (Å²) in [5, 5.41) is 24.5. The average molecular weight is 577 g/mol. The van der Waals surface area contributed by atoms with Crippen molar-refractivity contribution in [2.75, 3.05) is 19.8 Å². The molecule has 12 heteroatoms. The van der Waals surface area contributed by atoms with Crippen molar-refractivity contribution >= 4 is 15.9 Å². The highest BCUT2D eigenvalue weighted by molar-refractivity contribution is 7.92. The first-order valence-corrected chi connectivity index (χ1v) is 15.0. The predicted molar refractivity (Wildman–Crippen MR) is 143 cm³/mol. The number of alkyl carbamates (subject to hydrolysis) is 1. The number of carbonyl (C=O) groups excluding carboxylic acids is 1. The van der Waals surface area contributed by atoms with E-state index in [9.17, 15) is 23.4 Å². The number of phenols is 1. The molecule has 2 aliphatic heterocycles. The maximum atomic E-state index is 14.2. The summed E-state index contributed by atoms with van der Waals surface area (Å²) in [6, 6.07) is 13.4. The summed E-state index contributed by atoms with van der Waals surface area (Å²) in [5.74, 6) is -0.306. The third-order valence-corrected chi connectivity index (χ3v) is 10.3. The minimum Gasteiger partial charge on any atom is -0.508 e. The summed E-state index contributed by atoms with van der Waals surface area (Å²) in [4.78, 5) is 10.2. The maximum Gasteiger partial charge on any atom is 0.409 e. The molecule has 0 radical (unpaired) electrons. The second kappa shape index (κ2) is 11.6. The molecule has 2 aromatic rings. The summed E-state index contributed by atoms with van der Waals surface area (Å²) >= 11 is 0. The first-order chi connectivity index (χ1) is 19.1. The monoisotopic (exact) mass is 576 g/mol. The van der Waals surface area contributed by atoms with Crippen molar-refractivity contribution in [3.8, 4) is 5.75 Å². The van der Waals surface area contributed by atoms with E-state index < -0.39 is 45.5 Å². The molecule has 40 heavy (non-hydrogen) atoms. The zero-order valence-corrected chi connectivity index (χ0v) is 22.9. The van der Waals surface area contributed by atoms with Gasteiger partial charge in [-0.15, -0.1) is 0 Å².